The summed E-state index contributed by atoms with van der Waals surface area (Å²) in [5, 5.41) is 20.4. The highest BCUT2D eigenvalue weighted by Crippen LogP contribution is 2.73. The fraction of sp³-hybridized carbons (Fsp3) is 0.815. The number of carboxylic acid groups (broad SMARTS) is 1. The molecule has 2 saturated carbocycles. The van der Waals surface area contributed by atoms with Gasteiger partial charge in [0.1, 0.15) is 0 Å². The predicted octanol–water partition coefficient (Wildman–Crippen LogP) is 6.37. The van der Waals surface area contributed by atoms with Gasteiger partial charge in [0.2, 0.25) is 0 Å². The molecular weight excluding hydrogens is 372 g/mol. The van der Waals surface area contributed by atoms with Gasteiger partial charge in [0.15, 0.2) is 0 Å². The number of aliphatic carboxylic acids is 1. The fourth-order valence-electron chi connectivity index (χ4n) is 8.87. The average molecular weight is 415 g/mol. The summed E-state index contributed by atoms with van der Waals surface area (Å²) < 4.78 is 0. The van der Waals surface area contributed by atoms with E-state index in [0.717, 1.165) is 25.2 Å². The van der Waals surface area contributed by atoms with Crippen molar-refractivity contribution >= 4 is 5.97 Å². The SMILES string of the molecule is CC1(C)C=CCC2(C)C1CCC1(C)C2CC=C2C([C@@](C)(O)CCC(=O)O)CC[C@]21C. The summed E-state index contributed by atoms with van der Waals surface area (Å²) in [5.41, 5.74) is 1.41. The first kappa shape index (κ1) is 22.1. The quantitative estimate of drug-likeness (QED) is 0.525. The van der Waals surface area contributed by atoms with Gasteiger partial charge in [-0.1, -0.05) is 58.4 Å². The molecular formula is C27H42O3. The van der Waals surface area contributed by atoms with E-state index < -0.39 is 11.6 Å². The number of carboxylic acids is 1. The first-order chi connectivity index (χ1) is 13.8. The lowest BCUT2D eigenvalue weighted by molar-refractivity contribution is -0.141. The van der Waals surface area contributed by atoms with Crippen molar-refractivity contribution in [3.05, 3.63) is 23.8 Å². The van der Waals surface area contributed by atoms with Crippen LogP contribution in [-0.4, -0.2) is 21.8 Å². The summed E-state index contributed by atoms with van der Waals surface area (Å²) in [6, 6.07) is 0. The topological polar surface area (TPSA) is 57.5 Å². The highest BCUT2D eigenvalue weighted by atomic mass is 16.4. The fourth-order valence-corrected chi connectivity index (χ4v) is 8.87. The first-order valence-corrected chi connectivity index (χ1v) is 12.1. The second kappa shape index (κ2) is 6.70. The molecule has 0 aromatic rings. The van der Waals surface area contributed by atoms with E-state index >= 15 is 0 Å². The molecule has 0 aromatic heterocycles. The summed E-state index contributed by atoms with van der Waals surface area (Å²) in [5.74, 6) is 0.652. The summed E-state index contributed by atoms with van der Waals surface area (Å²) in [7, 11) is 0. The maximum atomic E-state index is 11.3. The van der Waals surface area contributed by atoms with E-state index in [1.807, 2.05) is 6.92 Å². The molecule has 7 atom stereocenters. The van der Waals surface area contributed by atoms with Crippen molar-refractivity contribution in [3.8, 4) is 0 Å². The van der Waals surface area contributed by atoms with Crippen LogP contribution < -0.4 is 0 Å². The Morgan fingerprint density at radius 2 is 1.83 bits per heavy atom. The zero-order valence-electron chi connectivity index (χ0n) is 19.9. The number of hydrogen-bond donors (Lipinski definition) is 2. The highest BCUT2D eigenvalue weighted by Gasteiger charge is 2.66. The van der Waals surface area contributed by atoms with Crippen molar-refractivity contribution in [3.63, 3.8) is 0 Å². The summed E-state index contributed by atoms with van der Waals surface area (Å²) in [6.07, 6.45) is 14.7. The van der Waals surface area contributed by atoms with E-state index in [2.05, 4.69) is 52.8 Å². The smallest absolute Gasteiger partial charge is 0.303 e. The van der Waals surface area contributed by atoms with E-state index in [-0.39, 0.29) is 28.6 Å². The van der Waals surface area contributed by atoms with Gasteiger partial charge in [-0.2, -0.15) is 0 Å². The minimum absolute atomic E-state index is 0.0363. The molecule has 0 amide bonds. The molecule has 0 saturated heterocycles. The molecule has 0 aromatic carbocycles. The van der Waals surface area contributed by atoms with Crippen LogP contribution in [0.3, 0.4) is 0 Å². The maximum absolute atomic E-state index is 11.3. The average Bonchev–Trinajstić information content (AvgIpc) is 2.99. The normalized spacial score (nSPS) is 46.2. The molecule has 2 N–H and O–H groups in total. The Hall–Kier alpha value is -1.09. The zero-order chi connectivity index (χ0) is 22.2. The Kier molecular flexibility index (Phi) is 4.94. The summed E-state index contributed by atoms with van der Waals surface area (Å²) >= 11 is 0. The third-order valence-corrected chi connectivity index (χ3v) is 10.7. The molecule has 4 aliphatic carbocycles. The van der Waals surface area contributed by atoms with Crippen LogP contribution in [0.5, 0.6) is 0 Å². The Morgan fingerprint density at radius 1 is 1.13 bits per heavy atom. The van der Waals surface area contributed by atoms with Gasteiger partial charge in [0, 0.05) is 12.3 Å². The number of rotatable bonds is 4. The van der Waals surface area contributed by atoms with Gasteiger partial charge in [-0.25, -0.2) is 0 Å². The molecule has 30 heavy (non-hydrogen) atoms. The summed E-state index contributed by atoms with van der Waals surface area (Å²) in [4.78, 5) is 11.1. The molecule has 0 spiro atoms. The van der Waals surface area contributed by atoms with E-state index in [1.165, 1.54) is 24.8 Å². The molecule has 2 fully saturated rings. The van der Waals surface area contributed by atoms with Crippen LogP contribution in [0.2, 0.25) is 0 Å². The molecule has 168 valence electrons. The van der Waals surface area contributed by atoms with Crippen LogP contribution in [0.4, 0.5) is 0 Å². The Labute approximate surface area is 183 Å². The number of carbonyl (C=O) groups is 1. The molecule has 3 nitrogen and oxygen atoms in total. The number of allylic oxidation sites excluding steroid dienone is 3. The van der Waals surface area contributed by atoms with Crippen LogP contribution in [0.1, 0.15) is 92.9 Å². The zero-order valence-corrected chi connectivity index (χ0v) is 19.9. The first-order valence-electron chi connectivity index (χ1n) is 12.1. The van der Waals surface area contributed by atoms with Crippen LogP contribution in [0, 0.1) is 39.4 Å². The minimum Gasteiger partial charge on any atom is -0.481 e. The Balaban J connectivity index is 1.70. The second-order valence-electron chi connectivity index (χ2n) is 12.6. The number of fused-ring (bicyclic) bond motifs is 5. The molecule has 3 heteroatoms. The van der Waals surface area contributed by atoms with Crippen molar-refractivity contribution < 1.29 is 15.0 Å². The lowest BCUT2D eigenvalue weighted by atomic mass is 9.38. The number of aliphatic hydroxyl groups is 1. The maximum Gasteiger partial charge on any atom is 0.303 e. The molecule has 4 aliphatic rings. The van der Waals surface area contributed by atoms with E-state index in [1.54, 1.807) is 0 Å². The predicted molar refractivity (Wildman–Crippen MR) is 121 cm³/mol. The second-order valence-corrected chi connectivity index (χ2v) is 12.6. The van der Waals surface area contributed by atoms with Crippen molar-refractivity contribution in [2.24, 2.45) is 39.4 Å². The lowest BCUT2D eigenvalue weighted by Crippen LogP contribution is -2.59. The van der Waals surface area contributed by atoms with Crippen LogP contribution in [-0.2, 0) is 4.79 Å². The third-order valence-electron chi connectivity index (χ3n) is 10.7. The van der Waals surface area contributed by atoms with E-state index in [9.17, 15) is 9.90 Å². The molecule has 0 bridgehead atoms. The van der Waals surface area contributed by atoms with Gasteiger partial charge in [-0.15, -0.1) is 0 Å². The van der Waals surface area contributed by atoms with Gasteiger partial charge < -0.3 is 10.2 Å². The molecule has 0 aliphatic heterocycles. The molecule has 4 rings (SSSR count). The highest BCUT2D eigenvalue weighted by molar-refractivity contribution is 5.66. The molecule has 5 unspecified atom stereocenters. The van der Waals surface area contributed by atoms with Crippen LogP contribution in [0.25, 0.3) is 0 Å². The van der Waals surface area contributed by atoms with E-state index in [0.29, 0.717) is 17.8 Å². The minimum atomic E-state index is -0.943. The van der Waals surface area contributed by atoms with Crippen molar-refractivity contribution in [1.82, 2.24) is 0 Å². The van der Waals surface area contributed by atoms with Gasteiger partial charge in [0.05, 0.1) is 5.60 Å². The Morgan fingerprint density at radius 3 is 2.50 bits per heavy atom. The van der Waals surface area contributed by atoms with Gasteiger partial charge in [0.25, 0.3) is 0 Å². The van der Waals surface area contributed by atoms with Gasteiger partial charge in [-0.3, -0.25) is 4.79 Å². The largest absolute Gasteiger partial charge is 0.481 e. The van der Waals surface area contributed by atoms with Crippen LogP contribution >= 0.6 is 0 Å². The van der Waals surface area contributed by atoms with E-state index in [4.69, 9.17) is 5.11 Å². The van der Waals surface area contributed by atoms with Crippen molar-refractivity contribution in [2.45, 2.75) is 98.5 Å². The third kappa shape index (κ3) is 2.90. The van der Waals surface area contributed by atoms with Gasteiger partial charge >= 0.3 is 5.97 Å². The summed E-state index contributed by atoms with van der Waals surface area (Å²) in [6.45, 7) is 14.3. The van der Waals surface area contributed by atoms with Gasteiger partial charge in [-0.05, 0) is 85.4 Å². The molecule has 0 radical (unpaired) electrons. The standard InChI is InChI=1S/C27H42O3/c1-23(2)13-7-14-24(3)20(23)11-16-26(5)21(24)9-8-18-19(10-15-25(18,26)4)27(6,30)17-12-22(28)29/h7-8,13,19-21,30H,9-12,14-17H2,1-6H3,(H,28,29)/t19?,20?,21?,24?,25-,26?,27+/m1/s1. The number of hydrogen-bond acceptors (Lipinski definition) is 2. The monoisotopic (exact) mass is 414 g/mol. The lowest BCUT2D eigenvalue weighted by Gasteiger charge is -2.66. The van der Waals surface area contributed by atoms with Crippen LogP contribution in [0.15, 0.2) is 23.8 Å². The van der Waals surface area contributed by atoms with Crippen molar-refractivity contribution in [2.75, 3.05) is 0 Å². The molecule has 0 heterocycles. The Bertz CT molecular complexity index is 790. The van der Waals surface area contributed by atoms with Crippen molar-refractivity contribution in [1.29, 1.82) is 0 Å².